The summed E-state index contributed by atoms with van der Waals surface area (Å²) in [5, 5.41) is 3.62. The van der Waals surface area contributed by atoms with Crippen LogP contribution in [-0.4, -0.2) is 24.8 Å². The molecule has 0 radical (unpaired) electrons. The van der Waals surface area contributed by atoms with Crippen molar-refractivity contribution >= 4 is 0 Å². The number of hydrogen-bond donors (Lipinski definition) is 1. The van der Waals surface area contributed by atoms with Gasteiger partial charge in [-0.3, -0.25) is 0 Å². The second-order valence-electron chi connectivity index (χ2n) is 5.09. The van der Waals surface area contributed by atoms with E-state index >= 15 is 0 Å². The number of hydrogen-bond acceptors (Lipinski definition) is 2. The summed E-state index contributed by atoms with van der Waals surface area (Å²) >= 11 is 0. The summed E-state index contributed by atoms with van der Waals surface area (Å²) in [6.07, 6.45) is 1.20. The number of rotatable bonds is 2. The van der Waals surface area contributed by atoms with Crippen molar-refractivity contribution in [3.05, 3.63) is 0 Å². The maximum Gasteiger partial charge on any atom is 0.0508 e. The van der Waals surface area contributed by atoms with Crippen LogP contribution in [-0.2, 0) is 4.74 Å². The van der Waals surface area contributed by atoms with Crippen molar-refractivity contribution < 1.29 is 4.74 Å². The molecule has 1 atom stereocenters. The molecule has 1 rings (SSSR count). The zero-order chi connectivity index (χ0) is 9.41. The molecular formula is C10H21NO. The zero-order valence-electron chi connectivity index (χ0n) is 8.90. The van der Waals surface area contributed by atoms with Gasteiger partial charge in [0, 0.05) is 24.1 Å². The van der Waals surface area contributed by atoms with Gasteiger partial charge >= 0.3 is 0 Å². The molecule has 1 saturated heterocycles. The Morgan fingerprint density at radius 2 is 1.92 bits per heavy atom. The summed E-state index contributed by atoms with van der Waals surface area (Å²) in [5.74, 6) is 0.637. The monoisotopic (exact) mass is 171 g/mol. The van der Waals surface area contributed by atoms with E-state index in [2.05, 4.69) is 33.0 Å². The molecule has 1 aliphatic heterocycles. The number of ether oxygens (including phenoxy) is 1. The van der Waals surface area contributed by atoms with Crippen molar-refractivity contribution in [3.63, 3.8) is 0 Å². The maximum atomic E-state index is 5.21. The molecule has 1 aliphatic rings. The van der Waals surface area contributed by atoms with Crippen molar-refractivity contribution in [2.75, 3.05) is 13.7 Å². The van der Waals surface area contributed by atoms with Gasteiger partial charge < -0.3 is 10.1 Å². The first-order valence-electron chi connectivity index (χ1n) is 4.66. The Balaban J connectivity index is 2.64. The van der Waals surface area contributed by atoms with Crippen LogP contribution in [0.1, 0.15) is 34.1 Å². The van der Waals surface area contributed by atoms with Crippen LogP contribution < -0.4 is 5.32 Å². The van der Waals surface area contributed by atoms with Crippen LogP contribution in [0.2, 0.25) is 0 Å². The van der Waals surface area contributed by atoms with E-state index in [9.17, 15) is 0 Å². The molecule has 0 aromatic heterocycles. The van der Waals surface area contributed by atoms with Gasteiger partial charge in [-0.25, -0.2) is 0 Å². The molecule has 1 N–H and O–H groups in total. The lowest BCUT2D eigenvalue weighted by Gasteiger charge is -2.28. The molecule has 12 heavy (non-hydrogen) atoms. The van der Waals surface area contributed by atoms with E-state index in [1.165, 1.54) is 6.42 Å². The largest absolute Gasteiger partial charge is 0.384 e. The van der Waals surface area contributed by atoms with Gasteiger partial charge in [-0.2, -0.15) is 0 Å². The topological polar surface area (TPSA) is 21.3 Å². The highest BCUT2D eigenvalue weighted by atomic mass is 16.5. The summed E-state index contributed by atoms with van der Waals surface area (Å²) in [4.78, 5) is 0. The van der Waals surface area contributed by atoms with E-state index in [4.69, 9.17) is 4.74 Å². The predicted molar refractivity (Wildman–Crippen MR) is 51.3 cm³/mol. The molecule has 0 aromatic carbocycles. The lowest BCUT2D eigenvalue weighted by Crippen LogP contribution is -2.45. The predicted octanol–water partition coefficient (Wildman–Crippen LogP) is 1.80. The summed E-state index contributed by atoms with van der Waals surface area (Å²) in [6.45, 7) is 9.88. The fraction of sp³-hybridized carbons (Fsp3) is 1.00. The third-order valence-corrected chi connectivity index (χ3v) is 2.81. The summed E-state index contributed by atoms with van der Waals surface area (Å²) in [6, 6.07) is 0. The minimum absolute atomic E-state index is 0.222. The van der Waals surface area contributed by atoms with Crippen LogP contribution in [0.3, 0.4) is 0 Å². The number of nitrogens with one attached hydrogen (secondary N) is 1. The highest BCUT2D eigenvalue weighted by Crippen LogP contribution is 2.35. The molecule has 1 fully saturated rings. The Morgan fingerprint density at radius 3 is 2.25 bits per heavy atom. The normalized spacial score (nSPS) is 32.2. The van der Waals surface area contributed by atoms with Gasteiger partial charge in [-0.15, -0.1) is 0 Å². The molecule has 2 heteroatoms. The smallest absolute Gasteiger partial charge is 0.0508 e. The lowest BCUT2D eigenvalue weighted by atomic mass is 9.88. The third kappa shape index (κ3) is 1.99. The maximum absolute atomic E-state index is 5.21. The fourth-order valence-electron chi connectivity index (χ4n) is 2.36. The van der Waals surface area contributed by atoms with Crippen molar-refractivity contribution in [1.82, 2.24) is 5.32 Å². The van der Waals surface area contributed by atoms with Crippen LogP contribution in [0.25, 0.3) is 0 Å². The Morgan fingerprint density at radius 1 is 1.33 bits per heavy atom. The first kappa shape index (κ1) is 10.0. The minimum Gasteiger partial charge on any atom is -0.384 e. The van der Waals surface area contributed by atoms with Crippen LogP contribution in [0.5, 0.6) is 0 Å². The second kappa shape index (κ2) is 3.00. The van der Waals surface area contributed by atoms with Gasteiger partial charge in [-0.05, 0) is 34.1 Å². The molecular weight excluding hydrogens is 150 g/mol. The molecule has 0 amide bonds. The molecule has 0 bridgehead atoms. The summed E-state index contributed by atoms with van der Waals surface area (Å²) in [5.41, 5.74) is 0.492. The molecule has 2 nitrogen and oxygen atoms in total. The molecule has 0 aromatic rings. The highest BCUT2D eigenvalue weighted by molar-refractivity contribution is 5.02. The van der Waals surface area contributed by atoms with E-state index in [0.29, 0.717) is 5.92 Å². The first-order valence-corrected chi connectivity index (χ1v) is 4.66. The van der Waals surface area contributed by atoms with Crippen LogP contribution >= 0.6 is 0 Å². The van der Waals surface area contributed by atoms with Crippen molar-refractivity contribution in [3.8, 4) is 0 Å². The first-order chi connectivity index (χ1) is 5.37. The standard InChI is InChI=1S/C10H21NO/c1-9(2)6-8(7-12-5)10(3,4)11-9/h8,11H,6-7H2,1-5H3. The average Bonchev–Trinajstić information content (AvgIpc) is 2.01. The fourth-order valence-corrected chi connectivity index (χ4v) is 2.36. The summed E-state index contributed by atoms with van der Waals surface area (Å²) in [7, 11) is 1.78. The average molecular weight is 171 g/mol. The van der Waals surface area contributed by atoms with Crippen molar-refractivity contribution in [1.29, 1.82) is 0 Å². The molecule has 0 aliphatic carbocycles. The van der Waals surface area contributed by atoms with E-state index in [0.717, 1.165) is 6.61 Å². The summed E-state index contributed by atoms with van der Waals surface area (Å²) < 4.78 is 5.21. The Hall–Kier alpha value is -0.0800. The molecule has 1 heterocycles. The molecule has 0 saturated carbocycles. The van der Waals surface area contributed by atoms with E-state index in [1.54, 1.807) is 7.11 Å². The van der Waals surface area contributed by atoms with Crippen LogP contribution in [0.4, 0.5) is 0 Å². The lowest BCUT2D eigenvalue weighted by molar-refractivity contribution is 0.125. The highest BCUT2D eigenvalue weighted by Gasteiger charge is 2.43. The van der Waals surface area contributed by atoms with Gasteiger partial charge in [0.15, 0.2) is 0 Å². The van der Waals surface area contributed by atoms with Crippen LogP contribution in [0, 0.1) is 5.92 Å². The molecule has 0 spiro atoms. The van der Waals surface area contributed by atoms with E-state index < -0.39 is 0 Å². The van der Waals surface area contributed by atoms with Gasteiger partial charge in [-0.1, -0.05) is 0 Å². The molecule has 72 valence electrons. The van der Waals surface area contributed by atoms with Crippen molar-refractivity contribution in [2.45, 2.75) is 45.2 Å². The van der Waals surface area contributed by atoms with Crippen molar-refractivity contribution in [2.24, 2.45) is 5.92 Å². The second-order valence-corrected chi connectivity index (χ2v) is 5.09. The SMILES string of the molecule is COCC1CC(C)(C)NC1(C)C. The quantitative estimate of drug-likeness (QED) is 0.684. The Labute approximate surface area is 75.7 Å². The molecule has 1 unspecified atom stereocenters. The third-order valence-electron chi connectivity index (χ3n) is 2.81. The Kier molecular flexibility index (Phi) is 2.50. The van der Waals surface area contributed by atoms with Crippen LogP contribution in [0.15, 0.2) is 0 Å². The van der Waals surface area contributed by atoms with Gasteiger partial charge in [0.2, 0.25) is 0 Å². The Bertz CT molecular complexity index is 163. The number of methoxy groups -OCH3 is 1. The van der Waals surface area contributed by atoms with Gasteiger partial charge in [0.1, 0.15) is 0 Å². The van der Waals surface area contributed by atoms with E-state index in [-0.39, 0.29) is 11.1 Å². The van der Waals surface area contributed by atoms with E-state index in [1.807, 2.05) is 0 Å². The zero-order valence-corrected chi connectivity index (χ0v) is 8.90. The van der Waals surface area contributed by atoms with Gasteiger partial charge in [0.05, 0.1) is 6.61 Å². The van der Waals surface area contributed by atoms with Gasteiger partial charge in [0.25, 0.3) is 0 Å². The minimum atomic E-state index is 0.222.